The van der Waals surface area contributed by atoms with Crippen molar-refractivity contribution in [2.45, 2.75) is 51.9 Å². The summed E-state index contributed by atoms with van der Waals surface area (Å²) in [5.74, 6) is 0.948. The molecule has 0 aliphatic carbocycles. The fourth-order valence-corrected chi connectivity index (χ4v) is 3.36. The van der Waals surface area contributed by atoms with E-state index in [0.29, 0.717) is 19.0 Å². The van der Waals surface area contributed by atoms with Gasteiger partial charge in [0, 0.05) is 49.8 Å². The first-order valence-electron chi connectivity index (χ1n) is 9.24. The molecule has 7 nitrogen and oxygen atoms in total. The highest BCUT2D eigenvalue weighted by Gasteiger charge is 2.34. The van der Waals surface area contributed by atoms with E-state index in [4.69, 9.17) is 4.74 Å². The minimum Gasteiger partial charge on any atom is -0.381 e. The van der Waals surface area contributed by atoms with Gasteiger partial charge in [0.15, 0.2) is 5.69 Å². The molecule has 1 saturated heterocycles. The highest BCUT2D eigenvalue weighted by Crippen LogP contribution is 2.28. The van der Waals surface area contributed by atoms with Crippen molar-refractivity contribution < 1.29 is 22.7 Å². The summed E-state index contributed by atoms with van der Waals surface area (Å²) >= 11 is 0. The SMILES string of the molecule is Cc1cc(C(F)(F)F)nn1CC(=O)NCCn1c(C)cnc1C1CCOCC1. The lowest BCUT2D eigenvalue weighted by Crippen LogP contribution is -2.32. The zero-order chi connectivity index (χ0) is 20.3. The number of amides is 1. The maximum absolute atomic E-state index is 12.7. The Hall–Kier alpha value is -2.36. The second-order valence-electron chi connectivity index (χ2n) is 6.97. The molecule has 0 saturated carbocycles. The van der Waals surface area contributed by atoms with Gasteiger partial charge in [0.05, 0.1) is 0 Å². The summed E-state index contributed by atoms with van der Waals surface area (Å²) in [5, 5.41) is 6.22. The van der Waals surface area contributed by atoms with E-state index in [9.17, 15) is 18.0 Å². The van der Waals surface area contributed by atoms with Crippen molar-refractivity contribution in [1.82, 2.24) is 24.6 Å². The zero-order valence-electron chi connectivity index (χ0n) is 15.9. The topological polar surface area (TPSA) is 74.0 Å². The largest absolute Gasteiger partial charge is 0.435 e. The number of rotatable bonds is 6. The first-order chi connectivity index (χ1) is 13.3. The summed E-state index contributed by atoms with van der Waals surface area (Å²) in [6.45, 7) is 5.55. The van der Waals surface area contributed by atoms with Crippen LogP contribution in [0.4, 0.5) is 13.2 Å². The Morgan fingerprint density at radius 1 is 1.29 bits per heavy atom. The number of hydrogen-bond acceptors (Lipinski definition) is 4. The molecule has 0 bridgehead atoms. The molecule has 2 aromatic rings. The van der Waals surface area contributed by atoms with Gasteiger partial charge < -0.3 is 14.6 Å². The molecule has 1 amide bonds. The molecule has 0 atom stereocenters. The summed E-state index contributed by atoms with van der Waals surface area (Å²) in [7, 11) is 0. The average molecular weight is 399 g/mol. The highest BCUT2D eigenvalue weighted by atomic mass is 19.4. The molecule has 1 N–H and O–H groups in total. The summed E-state index contributed by atoms with van der Waals surface area (Å²) in [5.41, 5.74) is 0.302. The van der Waals surface area contributed by atoms with Crippen LogP contribution in [-0.4, -0.2) is 45.0 Å². The van der Waals surface area contributed by atoms with Gasteiger partial charge in [-0.25, -0.2) is 4.98 Å². The number of alkyl halides is 3. The third-order valence-corrected chi connectivity index (χ3v) is 4.89. The number of imidazole rings is 1. The van der Waals surface area contributed by atoms with Crippen LogP contribution in [0.25, 0.3) is 0 Å². The Balaban J connectivity index is 1.55. The van der Waals surface area contributed by atoms with Crippen LogP contribution < -0.4 is 5.32 Å². The van der Waals surface area contributed by atoms with E-state index in [-0.39, 0.29) is 18.1 Å². The van der Waals surface area contributed by atoms with Crippen molar-refractivity contribution in [2.75, 3.05) is 19.8 Å². The lowest BCUT2D eigenvalue weighted by Gasteiger charge is -2.23. The van der Waals surface area contributed by atoms with Gasteiger partial charge in [-0.1, -0.05) is 0 Å². The molecule has 1 fully saturated rings. The third kappa shape index (κ3) is 4.73. The van der Waals surface area contributed by atoms with E-state index >= 15 is 0 Å². The summed E-state index contributed by atoms with van der Waals surface area (Å²) < 4.78 is 46.7. The minimum absolute atomic E-state index is 0.252. The van der Waals surface area contributed by atoms with E-state index < -0.39 is 11.9 Å². The molecule has 28 heavy (non-hydrogen) atoms. The predicted octanol–water partition coefficient (Wildman–Crippen LogP) is 2.43. The Morgan fingerprint density at radius 3 is 2.64 bits per heavy atom. The number of ether oxygens (including phenoxy) is 1. The van der Waals surface area contributed by atoms with Crippen molar-refractivity contribution >= 4 is 5.91 Å². The van der Waals surface area contributed by atoms with Gasteiger partial charge in [-0.05, 0) is 32.8 Å². The molecule has 3 rings (SSSR count). The third-order valence-electron chi connectivity index (χ3n) is 4.89. The zero-order valence-corrected chi connectivity index (χ0v) is 15.9. The monoisotopic (exact) mass is 399 g/mol. The van der Waals surface area contributed by atoms with Crippen molar-refractivity contribution in [2.24, 2.45) is 0 Å². The fraction of sp³-hybridized carbons (Fsp3) is 0.611. The second-order valence-corrected chi connectivity index (χ2v) is 6.97. The smallest absolute Gasteiger partial charge is 0.381 e. The number of aromatic nitrogens is 4. The number of halogens is 3. The van der Waals surface area contributed by atoms with E-state index in [1.54, 1.807) is 0 Å². The summed E-state index contributed by atoms with van der Waals surface area (Å²) in [4.78, 5) is 16.6. The Morgan fingerprint density at radius 2 is 2.00 bits per heavy atom. The molecule has 1 aliphatic heterocycles. The Bertz CT molecular complexity index is 822. The second kappa shape index (κ2) is 8.34. The maximum Gasteiger partial charge on any atom is 0.435 e. The van der Waals surface area contributed by atoms with Crippen molar-refractivity contribution in [3.05, 3.63) is 35.2 Å². The van der Waals surface area contributed by atoms with Crippen LogP contribution in [0.3, 0.4) is 0 Å². The van der Waals surface area contributed by atoms with Gasteiger partial charge in [0.2, 0.25) is 5.91 Å². The van der Waals surface area contributed by atoms with Gasteiger partial charge in [0.25, 0.3) is 0 Å². The van der Waals surface area contributed by atoms with Crippen LogP contribution in [0, 0.1) is 13.8 Å². The van der Waals surface area contributed by atoms with E-state index in [2.05, 4.69) is 20.0 Å². The molecule has 10 heteroatoms. The molecule has 0 aromatic carbocycles. The number of carbonyl (C=O) groups is 1. The maximum atomic E-state index is 12.7. The number of carbonyl (C=O) groups excluding carboxylic acids is 1. The lowest BCUT2D eigenvalue weighted by atomic mass is 9.99. The van der Waals surface area contributed by atoms with Crippen LogP contribution in [-0.2, 0) is 28.8 Å². The molecule has 154 valence electrons. The Labute approximate surface area is 160 Å². The average Bonchev–Trinajstić information content (AvgIpc) is 3.19. The Kier molecular flexibility index (Phi) is 6.07. The standard InChI is InChI=1S/C18H24F3N5O2/c1-12-9-15(18(19,20)21)24-26(12)11-16(27)22-5-6-25-13(2)10-23-17(25)14-3-7-28-8-4-14/h9-10,14H,3-8,11H2,1-2H3,(H,22,27). The van der Waals surface area contributed by atoms with Crippen LogP contribution in [0.15, 0.2) is 12.3 Å². The molecular formula is C18H24F3N5O2. The quantitative estimate of drug-likeness (QED) is 0.810. The van der Waals surface area contributed by atoms with Crippen LogP contribution in [0.5, 0.6) is 0 Å². The molecule has 2 aromatic heterocycles. The van der Waals surface area contributed by atoms with Crippen molar-refractivity contribution in [3.8, 4) is 0 Å². The van der Waals surface area contributed by atoms with Crippen molar-refractivity contribution in [1.29, 1.82) is 0 Å². The van der Waals surface area contributed by atoms with Crippen LogP contribution in [0.2, 0.25) is 0 Å². The number of hydrogen-bond donors (Lipinski definition) is 1. The highest BCUT2D eigenvalue weighted by molar-refractivity contribution is 5.75. The van der Waals surface area contributed by atoms with E-state index in [0.717, 1.165) is 48.3 Å². The van der Waals surface area contributed by atoms with Gasteiger partial charge in [0.1, 0.15) is 12.4 Å². The molecule has 0 spiro atoms. The minimum atomic E-state index is -4.52. The molecule has 0 radical (unpaired) electrons. The van der Waals surface area contributed by atoms with Crippen LogP contribution >= 0.6 is 0 Å². The lowest BCUT2D eigenvalue weighted by molar-refractivity contribution is -0.141. The number of aryl methyl sites for hydroxylation is 2. The molecule has 1 aliphatic rings. The number of nitrogens with one attached hydrogen (secondary N) is 1. The predicted molar refractivity (Wildman–Crippen MR) is 94.7 cm³/mol. The number of nitrogens with zero attached hydrogens (tertiary/aromatic N) is 4. The molecular weight excluding hydrogens is 375 g/mol. The first-order valence-corrected chi connectivity index (χ1v) is 9.24. The van der Waals surface area contributed by atoms with E-state index in [1.165, 1.54) is 6.92 Å². The van der Waals surface area contributed by atoms with Gasteiger partial charge >= 0.3 is 6.18 Å². The van der Waals surface area contributed by atoms with Crippen LogP contribution in [0.1, 0.15) is 41.7 Å². The summed E-state index contributed by atoms with van der Waals surface area (Å²) in [6.07, 6.45) is -0.865. The molecule has 0 unspecified atom stereocenters. The van der Waals surface area contributed by atoms with Gasteiger partial charge in [-0.3, -0.25) is 9.48 Å². The van der Waals surface area contributed by atoms with E-state index in [1.807, 2.05) is 13.1 Å². The first kappa shape index (κ1) is 20.4. The fourth-order valence-electron chi connectivity index (χ4n) is 3.36. The summed E-state index contributed by atoms with van der Waals surface area (Å²) in [6, 6.07) is 0.933. The molecule has 3 heterocycles. The van der Waals surface area contributed by atoms with Gasteiger partial charge in [-0.2, -0.15) is 18.3 Å². The normalized spacial score (nSPS) is 15.8. The van der Waals surface area contributed by atoms with Crippen molar-refractivity contribution in [3.63, 3.8) is 0 Å². The van der Waals surface area contributed by atoms with Gasteiger partial charge in [-0.15, -0.1) is 0 Å².